The van der Waals surface area contributed by atoms with Gasteiger partial charge < -0.3 is 20.1 Å². The third kappa shape index (κ3) is 4.83. The predicted molar refractivity (Wildman–Crippen MR) is 123 cm³/mol. The highest BCUT2D eigenvalue weighted by Gasteiger charge is 2.69. The predicted octanol–water partition coefficient (Wildman–Crippen LogP) is 2.75. The molecule has 0 radical (unpaired) electrons. The number of nitrogens with one attached hydrogen (secondary N) is 3. The molecule has 2 amide bonds. The summed E-state index contributed by atoms with van der Waals surface area (Å²) in [6.07, 6.45) is 3.38. The van der Waals surface area contributed by atoms with Crippen molar-refractivity contribution in [3.8, 4) is 5.75 Å². The maximum atomic E-state index is 13.4. The Morgan fingerprint density at radius 1 is 1.16 bits per heavy atom. The van der Waals surface area contributed by atoms with Crippen LogP contribution in [0.1, 0.15) is 29.6 Å². The van der Waals surface area contributed by atoms with Crippen LogP contribution >= 0.6 is 11.6 Å². The van der Waals surface area contributed by atoms with E-state index in [2.05, 4.69) is 21.2 Å². The molecular formula is C22H23ClFN3O4S. The molecule has 170 valence electrons. The summed E-state index contributed by atoms with van der Waals surface area (Å²) in [6.45, 7) is -0.241. The van der Waals surface area contributed by atoms with E-state index >= 15 is 0 Å². The number of carbonyl (C=O) groups excluding carboxylic acids is 2. The smallest absolute Gasteiger partial charge is 0.258 e. The molecule has 32 heavy (non-hydrogen) atoms. The normalized spacial score (nSPS) is 24.8. The Morgan fingerprint density at radius 2 is 1.84 bits per heavy atom. The summed E-state index contributed by atoms with van der Waals surface area (Å²) >= 11 is 5.63. The van der Waals surface area contributed by atoms with E-state index in [1.807, 2.05) is 0 Å². The Hall–Kier alpha value is -2.78. The molecule has 0 aliphatic heterocycles. The van der Waals surface area contributed by atoms with Gasteiger partial charge in [-0.1, -0.05) is 17.7 Å². The van der Waals surface area contributed by atoms with Crippen molar-refractivity contribution in [3.63, 3.8) is 0 Å². The SMILES string of the molecule is C=S(C)(=O)Nc1cccc(C(=O)NC23CC(NC(=O)COc4ccc(Cl)c(F)c4)(C2)C3)c1. The molecule has 3 aliphatic rings. The lowest BCUT2D eigenvalue weighted by atomic mass is 9.44. The number of hydrogen-bond acceptors (Lipinski definition) is 4. The molecule has 2 bridgehead atoms. The van der Waals surface area contributed by atoms with E-state index in [-0.39, 0.29) is 40.3 Å². The van der Waals surface area contributed by atoms with Crippen molar-refractivity contribution in [1.82, 2.24) is 10.6 Å². The summed E-state index contributed by atoms with van der Waals surface area (Å²) < 4.78 is 33.4. The van der Waals surface area contributed by atoms with Crippen molar-refractivity contribution >= 4 is 44.7 Å². The second kappa shape index (κ2) is 7.97. The van der Waals surface area contributed by atoms with Crippen LogP contribution in [0, 0.1) is 5.82 Å². The van der Waals surface area contributed by atoms with Gasteiger partial charge in [-0.2, -0.15) is 0 Å². The van der Waals surface area contributed by atoms with Gasteiger partial charge in [0.05, 0.1) is 5.02 Å². The average Bonchev–Trinajstić information content (AvgIpc) is 2.65. The largest absolute Gasteiger partial charge is 0.484 e. The molecule has 0 heterocycles. The van der Waals surface area contributed by atoms with Crippen molar-refractivity contribution in [1.29, 1.82) is 0 Å². The molecule has 0 saturated heterocycles. The number of benzene rings is 2. The van der Waals surface area contributed by atoms with Gasteiger partial charge in [0, 0.05) is 44.4 Å². The van der Waals surface area contributed by atoms with Gasteiger partial charge in [-0.05, 0) is 55.5 Å². The third-order valence-electron chi connectivity index (χ3n) is 5.53. The number of carbonyl (C=O) groups is 2. The first-order valence-corrected chi connectivity index (χ1v) is 12.4. The molecular weight excluding hydrogens is 457 g/mol. The van der Waals surface area contributed by atoms with Crippen LogP contribution in [0.4, 0.5) is 10.1 Å². The zero-order chi connectivity index (χ0) is 23.1. The summed E-state index contributed by atoms with van der Waals surface area (Å²) in [7, 11) is -2.44. The molecule has 0 spiro atoms. The van der Waals surface area contributed by atoms with Crippen molar-refractivity contribution < 1.29 is 22.9 Å². The fourth-order valence-electron chi connectivity index (χ4n) is 4.39. The van der Waals surface area contributed by atoms with Crippen LogP contribution in [0.3, 0.4) is 0 Å². The molecule has 3 aliphatic carbocycles. The zero-order valence-corrected chi connectivity index (χ0v) is 18.9. The Morgan fingerprint density at radius 3 is 2.50 bits per heavy atom. The molecule has 7 nitrogen and oxygen atoms in total. The van der Waals surface area contributed by atoms with Gasteiger partial charge >= 0.3 is 0 Å². The summed E-state index contributed by atoms with van der Waals surface area (Å²) in [4.78, 5) is 24.9. The van der Waals surface area contributed by atoms with E-state index in [0.29, 0.717) is 30.5 Å². The molecule has 10 heteroatoms. The van der Waals surface area contributed by atoms with Gasteiger partial charge in [0.2, 0.25) is 0 Å². The van der Waals surface area contributed by atoms with Crippen molar-refractivity contribution in [3.05, 3.63) is 58.9 Å². The highest BCUT2D eigenvalue weighted by Crippen LogP contribution is 2.60. The zero-order valence-electron chi connectivity index (χ0n) is 17.4. The maximum Gasteiger partial charge on any atom is 0.258 e. The van der Waals surface area contributed by atoms with E-state index in [9.17, 15) is 18.2 Å². The van der Waals surface area contributed by atoms with Gasteiger partial charge in [-0.25, -0.2) is 8.60 Å². The number of ether oxygens (including phenoxy) is 1. The molecule has 1 unspecified atom stereocenters. The highest BCUT2D eigenvalue weighted by molar-refractivity contribution is 8.00. The minimum Gasteiger partial charge on any atom is -0.484 e. The highest BCUT2D eigenvalue weighted by atomic mass is 35.5. The fraction of sp³-hybridized carbons (Fsp3) is 0.318. The number of anilines is 1. The van der Waals surface area contributed by atoms with Crippen LogP contribution in [0.5, 0.6) is 5.75 Å². The first-order valence-electron chi connectivity index (χ1n) is 9.88. The van der Waals surface area contributed by atoms with Crippen molar-refractivity contribution in [2.75, 3.05) is 17.6 Å². The van der Waals surface area contributed by atoms with E-state index in [1.165, 1.54) is 18.4 Å². The number of hydrogen-bond donors (Lipinski definition) is 3. The van der Waals surface area contributed by atoms with Crippen molar-refractivity contribution in [2.45, 2.75) is 30.3 Å². The minimum atomic E-state index is -2.44. The lowest BCUT2D eigenvalue weighted by Crippen LogP contribution is -2.84. The van der Waals surface area contributed by atoms with Gasteiger partial charge in [0.1, 0.15) is 11.6 Å². The lowest BCUT2D eigenvalue weighted by Gasteiger charge is -2.70. The average molecular weight is 480 g/mol. The standard InChI is InChI=1S/C22H23ClFN3O4S/c1-32(2,30)27-15-5-3-4-14(8-15)20(29)26-22-11-21(12-22,13-22)25-19(28)10-31-16-6-7-17(23)18(24)9-16/h3-9H,1,10-13H2,2H3,(H,25,28)(H,26,29)(H,27,30). The molecule has 2 aromatic carbocycles. The lowest BCUT2D eigenvalue weighted by molar-refractivity contribution is -0.141. The summed E-state index contributed by atoms with van der Waals surface area (Å²) in [5, 5.41) is 5.97. The molecule has 3 saturated carbocycles. The van der Waals surface area contributed by atoms with Crippen LogP contribution < -0.4 is 20.1 Å². The molecule has 1 atom stereocenters. The summed E-state index contributed by atoms with van der Waals surface area (Å²) in [5.74, 6) is 2.62. The summed E-state index contributed by atoms with van der Waals surface area (Å²) in [5.41, 5.74) is 0.329. The van der Waals surface area contributed by atoms with Crippen LogP contribution in [0.15, 0.2) is 42.5 Å². The third-order valence-corrected chi connectivity index (χ3v) is 6.51. The van der Waals surface area contributed by atoms with Gasteiger partial charge in [-0.3, -0.25) is 9.59 Å². The van der Waals surface area contributed by atoms with Crippen LogP contribution in [0.25, 0.3) is 0 Å². The van der Waals surface area contributed by atoms with Crippen LogP contribution in [-0.2, 0) is 14.5 Å². The van der Waals surface area contributed by atoms with Crippen LogP contribution in [-0.4, -0.2) is 45.8 Å². The quantitative estimate of drug-likeness (QED) is 0.507. The Labute approximate surface area is 190 Å². The minimum absolute atomic E-state index is 0.0154. The fourth-order valence-corrected chi connectivity index (χ4v) is 5.13. The Bertz CT molecular complexity index is 1180. The summed E-state index contributed by atoms with van der Waals surface area (Å²) in [6, 6.07) is 10.7. The first-order chi connectivity index (χ1) is 15.0. The van der Waals surface area contributed by atoms with E-state index in [0.717, 1.165) is 6.07 Å². The van der Waals surface area contributed by atoms with Gasteiger partial charge in [0.15, 0.2) is 6.61 Å². The number of amides is 2. The maximum absolute atomic E-state index is 13.4. The van der Waals surface area contributed by atoms with Crippen molar-refractivity contribution in [2.24, 2.45) is 0 Å². The Kier molecular flexibility index (Phi) is 5.58. The topological polar surface area (TPSA) is 96.5 Å². The molecule has 3 N–H and O–H groups in total. The van der Waals surface area contributed by atoms with E-state index in [1.54, 1.807) is 24.3 Å². The molecule has 5 rings (SSSR count). The Balaban J connectivity index is 1.26. The second-order valence-corrected chi connectivity index (χ2v) is 11.3. The molecule has 2 aromatic rings. The van der Waals surface area contributed by atoms with E-state index < -0.39 is 15.5 Å². The molecule has 0 aromatic heterocycles. The molecule has 3 fully saturated rings. The number of halogens is 2. The van der Waals surface area contributed by atoms with Gasteiger partial charge in [0.25, 0.3) is 11.8 Å². The second-order valence-electron chi connectivity index (χ2n) is 8.65. The first kappa shape index (κ1) is 22.4. The van der Waals surface area contributed by atoms with Gasteiger partial charge in [-0.15, -0.1) is 0 Å². The monoisotopic (exact) mass is 479 g/mol. The van der Waals surface area contributed by atoms with Crippen LogP contribution in [0.2, 0.25) is 5.02 Å². The van der Waals surface area contributed by atoms with E-state index in [4.69, 9.17) is 16.3 Å². The number of rotatable bonds is 8.